The summed E-state index contributed by atoms with van der Waals surface area (Å²) < 4.78 is 1.53. The second-order valence-electron chi connectivity index (χ2n) is 2.52. The molecular weight excluding hydrogens is 204 g/mol. The molecule has 0 fully saturated rings. The minimum atomic E-state index is -0.0925. The fourth-order valence-electron chi connectivity index (χ4n) is 0.862. The highest BCUT2D eigenvalue weighted by molar-refractivity contribution is 7.80. The lowest BCUT2D eigenvalue weighted by Gasteiger charge is -2.05. The fourth-order valence-corrected chi connectivity index (χ4v) is 1.18. The Hall–Kier alpha value is -0.810. The van der Waals surface area contributed by atoms with E-state index in [9.17, 15) is 4.79 Å². The van der Waals surface area contributed by atoms with Gasteiger partial charge >= 0.3 is 0 Å². The average Bonchev–Trinajstić information content (AvgIpc) is 2.09. The number of nitrogens with one attached hydrogen (secondary N) is 1. The van der Waals surface area contributed by atoms with E-state index in [1.165, 1.54) is 10.6 Å². The lowest BCUT2D eigenvalue weighted by Crippen LogP contribution is -2.28. The van der Waals surface area contributed by atoms with Crippen LogP contribution in [0.1, 0.15) is 0 Å². The number of pyridine rings is 1. The lowest BCUT2D eigenvalue weighted by molar-refractivity contribution is 0.789. The molecule has 0 amide bonds. The van der Waals surface area contributed by atoms with E-state index in [-0.39, 0.29) is 5.56 Å². The molecule has 70 valence electrons. The summed E-state index contributed by atoms with van der Waals surface area (Å²) in [6, 6.07) is 3.21. The predicted molar refractivity (Wildman–Crippen MR) is 59.6 cm³/mol. The van der Waals surface area contributed by atoms with Gasteiger partial charge in [0.1, 0.15) is 0 Å². The first kappa shape index (κ1) is 10.3. The van der Waals surface area contributed by atoms with E-state index in [1.807, 2.05) is 0 Å². The van der Waals surface area contributed by atoms with Crippen LogP contribution in [0.2, 0.25) is 0 Å². The number of thiol groups is 1. The Labute approximate surface area is 87.2 Å². The van der Waals surface area contributed by atoms with Crippen LogP contribution in [0.5, 0.6) is 0 Å². The Morgan fingerprint density at radius 2 is 2.46 bits per heavy atom. The molecule has 0 radical (unpaired) electrons. The zero-order valence-electron chi connectivity index (χ0n) is 7.15. The molecule has 1 aromatic heterocycles. The molecule has 1 N–H and O–H groups in total. The van der Waals surface area contributed by atoms with Gasteiger partial charge in [-0.25, -0.2) is 0 Å². The van der Waals surface area contributed by atoms with Gasteiger partial charge in [0.05, 0.1) is 11.5 Å². The third-order valence-electron chi connectivity index (χ3n) is 1.57. The van der Waals surface area contributed by atoms with Crippen molar-refractivity contribution in [2.45, 2.75) is 11.4 Å². The zero-order valence-corrected chi connectivity index (χ0v) is 8.86. The molecule has 0 unspecified atom stereocenters. The van der Waals surface area contributed by atoms with Gasteiger partial charge in [0.15, 0.2) is 0 Å². The van der Waals surface area contributed by atoms with Gasteiger partial charge in [-0.15, -0.1) is 12.6 Å². The van der Waals surface area contributed by atoms with Crippen molar-refractivity contribution in [3.63, 3.8) is 0 Å². The summed E-state index contributed by atoms with van der Waals surface area (Å²) in [5.41, 5.74) is -0.0925. The molecule has 0 spiro atoms. The summed E-state index contributed by atoms with van der Waals surface area (Å²) in [6.45, 7) is 0.415. The van der Waals surface area contributed by atoms with Gasteiger partial charge in [0.25, 0.3) is 5.56 Å². The molecule has 0 saturated carbocycles. The van der Waals surface area contributed by atoms with Crippen LogP contribution in [0.15, 0.2) is 28.0 Å². The van der Waals surface area contributed by atoms with Crippen LogP contribution in [0.25, 0.3) is 0 Å². The second-order valence-corrected chi connectivity index (χ2v) is 3.53. The van der Waals surface area contributed by atoms with Gasteiger partial charge in [-0.2, -0.15) is 0 Å². The summed E-state index contributed by atoms with van der Waals surface area (Å²) >= 11 is 8.99. The Morgan fingerprint density at radius 1 is 1.77 bits per heavy atom. The first-order chi connectivity index (χ1) is 6.13. The van der Waals surface area contributed by atoms with Crippen LogP contribution in [0, 0.1) is 0 Å². The van der Waals surface area contributed by atoms with Crippen LogP contribution in [-0.2, 0) is 6.54 Å². The number of thiocarbonyl (C=S) groups is 1. The molecule has 1 rings (SSSR count). The van der Waals surface area contributed by atoms with Gasteiger partial charge in [-0.1, -0.05) is 12.2 Å². The van der Waals surface area contributed by atoms with E-state index in [0.29, 0.717) is 16.4 Å². The summed E-state index contributed by atoms with van der Waals surface area (Å²) in [7, 11) is 1.74. The van der Waals surface area contributed by atoms with Gasteiger partial charge < -0.3 is 9.88 Å². The van der Waals surface area contributed by atoms with Crippen molar-refractivity contribution in [1.29, 1.82) is 0 Å². The first-order valence-electron chi connectivity index (χ1n) is 3.73. The normalized spacial score (nSPS) is 9.69. The van der Waals surface area contributed by atoms with Crippen LogP contribution in [0.4, 0.5) is 0 Å². The first-order valence-corrected chi connectivity index (χ1v) is 4.59. The van der Waals surface area contributed by atoms with Crippen LogP contribution >= 0.6 is 24.8 Å². The third-order valence-corrected chi connectivity index (χ3v) is 2.18. The Balaban J connectivity index is 2.90. The average molecular weight is 214 g/mol. The zero-order chi connectivity index (χ0) is 9.84. The molecule has 0 aliphatic rings. The Morgan fingerprint density at radius 3 is 3.00 bits per heavy atom. The maximum Gasteiger partial charge on any atom is 0.252 e. The summed E-state index contributed by atoms with van der Waals surface area (Å²) in [6.07, 6.45) is 1.67. The highest BCUT2D eigenvalue weighted by atomic mass is 32.1. The van der Waals surface area contributed by atoms with Crippen molar-refractivity contribution in [3.8, 4) is 0 Å². The van der Waals surface area contributed by atoms with Crippen molar-refractivity contribution >= 4 is 29.8 Å². The van der Waals surface area contributed by atoms with Crippen molar-refractivity contribution < 1.29 is 0 Å². The molecular formula is C8H10N2OS2. The predicted octanol–water partition coefficient (Wildman–Crippen LogP) is 0.684. The van der Waals surface area contributed by atoms with E-state index in [4.69, 9.17) is 12.2 Å². The molecule has 0 bridgehead atoms. The lowest BCUT2D eigenvalue weighted by atomic mass is 10.4. The van der Waals surface area contributed by atoms with Gasteiger partial charge in [0, 0.05) is 24.2 Å². The summed E-state index contributed by atoms with van der Waals surface area (Å²) in [5, 5.41) is 2.81. The van der Waals surface area contributed by atoms with Gasteiger partial charge in [0.2, 0.25) is 0 Å². The minimum absolute atomic E-state index is 0.0925. The molecule has 1 heterocycles. The minimum Gasteiger partial charge on any atom is -0.381 e. The maximum absolute atomic E-state index is 11.3. The summed E-state index contributed by atoms with van der Waals surface area (Å²) in [4.78, 5) is 12.6. The fraction of sp³-hybridized carbons (Fsp3) is 0.250. The molecule has 0 atom stereocenters. The van der Waals surface area contributed by atoms with Crippen LogP contribution in [0.3, 0.4) is 0 Å². The van der Waals surface area contributed by atoms with Crippen molar-refractivity contribution in [3.05, 3.63) is 28.7 Å². The number of hydrogen-bond donors (Lipinski definition) is 2. The highest BCUT2D eigenvalue weighted by Crippen LogP contribution is 1.98. The molecule has 3 nitrogen and oxygen atoms in total. The summed E-state index contributed by atoms with van der Waals surface area (Å²) in [5.74, 6) is 0. The molecule has 1 aromatic rings. The topological polar surface area (TPSA) is 34.0 Å². The molecule has 5 heteroatoms. The van der Waals surface area contributed by atoms with Crippen LogP contribution < -0.4 is 10.9 Å². The van der Waals surface area contributed by atoms with E-state index < -0.39 is 0 Å². The molecule has 0 aliphatic carbocycles. The quantitative estimate of drug-likeness (QED) is 0.561. The maximum atomic E-state index is 11.3. The Kier molecular flexibility index (Phi) is 3.50. The van der Waals surface area contributed by atoms with Crippen molar-refractivity contribution in [2.75, 3.05) is 7.05 Å². The second kappa shape index (κ2) is 4.43. The molecule has 0 aromatic carbocycles. The number of hydrogen-bond acceptors (Lipinski definition) is 3. The number of nitrogens with zero attached hydrogens (tertiary/aromatic N) is 1. The molecule has 0 saturated heterocycles. The third kappa shape index (κ3) is 2.86. The molecule has 13 heavy (non-hydrogen) atoms. The monoisotopic (exact) mass is 214 g/mol. The number of rotatable bonds is 2. The van der Waals surface area contributed by atoms with E-state index >= 15 is 0 Å². The molecule has 0 aliphatic heterocycles. The van der Waals surface area contributed by atoms with Crippen LogP contribution in [-0.4, -0.2) is 16.6 Å². The van der Waals surface area contributed by atoms with Crippen molar-refractivity contribution in [2.24, 2.45) is 0 Å². The standard InChI is InChI=1S/C8H10N2OS2/c1-9-7(13)5-10-3-2-6(12)4-8(10)11/h2-4,12H,5H2,1H3,(H,9,13). The van der Waals surface area contributed by atoms with Crippen molar-refractivity contribution in [1.82, 2.24) is 9.88 Å². The van der Waals surface area contributed by atoms with Gasteiger partial charge in [-0.05, 0) is 6.07 Å². The smallest absolute Gasteiger partial charge is 0.252 e. The highest BCUT2D eigenvalue weighted by Gasteiger charge is 1.98. The largest absolute Gasteiger partial charge is 0.381 e. The van der Waals surface area contributed by atoms with E-state index in [0.717, 1.165) is 0 Å². The number of likely N-dealkylation sites (N-methyl/N-ethyl adjacent to an activating group) is 1. The van der Waals surface area contributed by atoms with Gasteiger partial charge in [-0.3, -0.25) is 4.79 Å². The van der Waals surface area contributed by atoms with E-state index in [2.05, 4.69) is 17.9 Å². The SMILES string of the molecule is CNC(=S)Cn1ccc(S)cc1=O. The number of aromatic nitrogens is 1. The Bertz CT molecular complexity index is 373. The van der Waals surface area contributed by atoms with E-state index in [1.54, 1.807) is 19.3 Å².